The van der Waals surface area contributed by atoms with Crippen molar-refractivity contribution in [1.29, 1.82) is 0 Å². The van der Waals surface area contributed by atoms with E-state index in [4.69, 9.17) is 4.74 Å². The molecule has 3 unspecified atom stereocenters. The van der Waals surface area contributed by atoms with E-state index in [1.165, 1.54) is 38.5 Å². The normalized spacial score (nSPS) is 27.0. The quantitative estimate of drug-likeness (QED) is 0.656. The summed E-state index contributed by atoms with van der Waals surface area (Å²) in [5, 5.41) is 3.63. The summed E-state index contributed by atoms with van der Waals surface area (Å²) in [6.45, 7) is 9.71. The van der Waals surface area contributed by atoms with E-state index >= 15 is 0 Å². The largest absolute Gasteiger partial charge is 0.380 e. The van der Waals surface area contributed by atoms with E-state index in [9.17, 15) is 0 Å². The molecule has 0 aromatic carbocycles. The molecule has 3 atom stereocenters. The predicted molar refractivity (Wildman–Crippen MR) is 74.3 cm³/mol. The highest BCUT2D eigenvalue weighted by molar-refractivity contribution is 4.75. The zero-order valence-electron chi connectivity index (χ0n) is 12.0. The number of nitrogens with one attached hydrogen (secondary N) is 1. The fraction of sp³-hybridized carbons (Fsp3) is 1.00. The standard InChI is InChI=1S/C15H31NO/c1-4-6-14(3)12-17-10-9-16-15-8-5-7-13(2)11-15/h13-16H,4-12H2,1-3H3. The molecule has 17 heavy (non-hydrogen) atoms. The summed E-state index contributed by atoms with van der Waals surface area (Å²) >= 11 is 0. The topological polar surface area (TPSA) is 21.3 Å². The molecule has 0 aromatic heterocycles. The van der Waals surface area contributed by atoms with Crippen LogP contribution in [0.5, 0.6) is 0 Å². The van der Waals surface area contributed by atoms with Crippen molar-refractivity contribution in [1.82, 2.24) is 5.32 Å². The van der Waals surface area contributed by atoms with E-state index in [0.717, 1.165) is 37.6 Å². The molecule has 0 amide bonds. The summed E-state index contributed by atoms with van der Waals surface area (Å²) in [6.07, 6.45) is 8.08. The molecule has 2 heteroatoms. The molecule has 1 rings (SSSR count). The third-order valence-electron chi connectivity index (χ3n) is 3.80. The van der Waals surface area contributed by atoms with Crippen molar-refractivity contribution in [2.75, 3.05) is 19.8 Å². The Kier molecular flexibility index (Phi) is 7.87. The van der Waals surface area contributed by atoms with Crippen LogP contribution in [0.1, 0.15) is 59.3 Å². The SMILES string of the molecule is CCCC(C)COCCNC1CCCC(C)C1. The number of ether oxygens (including phenoxy) is 1. The first kappa shape index (κ1) is 15.0. The molecule has 1 N–H and O–H groups in total. The van der Waals surface area contributed by atoms with Gasteiger partial charge in [-0.05, 0) is 31.1 Å². The van der Waals surface area contributed by atoms with Crippen molar-refractivity contribution in [2.45, 2.75) is 65.3 Å². The lowest BCUT2D eigenvalue weighted by Gasteiger charge is -2.27. The highest BCUT2D eigenvalue weighted by Gasteiger charge is 2.17. The van der Waals surface area contributed by atoms with Crippen LogP contribution in [0.15, 0.2) is 0 Å². The van der Waals surface area contributed by atoms with Gasteiger partial charge in [-0.1, -0.05) is 40.0 Å². The van der Waals surface area contributed by atoms with E-state index in [2.05, 4.69) is 26.1 Å². The van der Waals surface area contributed by atoms with Crippen LogP contribution in [0.2, 0.25) is 0 Å². The molecule has 102 valence electrons. The summed E-state index contributed by atoms with van der Waals surface area (Å²) in [5.41, 5.74) is 0. The smallest absolute Gasteiger partial charge is 0.0591 e. The lowest BCUT2D eigenvalue weighted by molar-refractivity contribution is 0.100. The Morgan fingerprint density at radius 1 is 1.35 bits per heavy atom. The van der Waals surface area contributed by atoms with E-state index in [-0.39, 0.29) is 0 Å². The lowest BCUT2D eigenvalue weighted by Crippen LogP contribution is -2.35. The van der Waals surface area contributed by atoms with Crippen LogP contribution >= 0.6 is 0 Å². The van der Waals surface area contributed by atoms with Crippen molar-refractivity contribution in [3.05, 3.63) is 0 Å². The molecule has 1 aliphatic rings. The second kappa shape index (κ2) is 8.93. The van der Waals surface area contributed by atoms with Crippen molar-refractivity contribution >= 4 is 0 Å². The van der Waals surface area contributed by atoms with Gasteiger partial charge in [0.15, 0.2) is 0 Å². The molecule has 1 fully saturated rings. The number of rotatable bonds is 8. The summed E-state index contributed by atoms with van der Waals surface area (Å²) in [6, 6.07) is 0.746. The second-order valence-corrected chi connectivity index (χ2v) is 5.89. The van der Waals surface area contributed by atoms with Crippen LogP contribution in [0, 0.1) is 11.8 Å². The Bertz CT molecular complexity index is 184. The molecule has 1 saturated carbocycles. The van der Waals surface area contributed by atoms with E-state index in [0.29, 0.717) is 0 Å². The van der Waals surface area contributed by atoms with Crippen molar-refractivity contribution in [2.24, 2.45) is 11.8 Å². The first-order chi connectivity index (χ1) is 8.22. The van der Waals surface area contributed by atoms with E-state index in [1.807, 2.05) is 0 Å². The summed E-state index contributed by atoms with van der Waals surface area (Å²) in [7, 11) is 0. The maximum atomic E-state index is 5.70. The van der Waals surface area contributed by atoms with Crippen molar-refractivity contribution in [3.8, 4) is 0 Å². The van der Waals surface area contributed by atoms with Crippen LogP contribution in [0.3, 0.4) is 0 Å². The lowest BCUT2D eigenvalue weighted by atomic mass is 9.87. The van der Waals surface area contributed by atoms with Gasteiger partial charge in [-0.15, -0.1) is 0 Å². The molecule has 1 aliphatic carbocycles. The maximum absolute atomic E-state index is 5.70. The Hall–Kier alpha value is -0.0800. The second-order valence-electron chi connectivity index (χ2n) is 5.89. The number of hydrogen-bond acceptors (Lipinski definition) is 2. The fourth-order valence-corrected chi connectivity index (χ4v) is 2.82. The first-order valence-electron chi connectivity index (χ1n) is 7.53. The van der Waals surface area contributed by atoms with Crippen LogP contribution in [-0.2, 0) is 4.74 Å². The minimum atomic E-state index is 0.717. The molecule has 0 spiro atoms. The third-order valence-corrected chi connectivity index (χ3v) is 3.80. The van der Waals surface area contributed by atoms with Crippen LogP contribution in [0.4, 0.5) is 0 Å². The van der Waals surface area contributed by atoms with Gasteiger partial charge in [0.1, 0.15) is 0 Å². The third kappa shape index (κ3) is 7.05. The van der Waals surface area contributed by atoms with Gasteiger partial charge in [-0.25, -0.2) is 0 Å². The van der Waals surface area contributed by atoms with Gasteiger partial charge < -0.3 is 10.1 Å². The van der Waals surface area contributed by atoms with E-state index < -0.39 is 0 Å². The maximum Gasteiger partial charge on any atom is 0.0591 e. The minimum absolute atomic E-state index is 0.717. The highest BCUT2D eigenvalue weighted by atomic mass is 16.5. The molecular weight excluding hydrogens is 210 g/mol. The molecular formula is C15H31NO. The van der Waals surface area contributed by atoms with E-state index in [1.54, 1.807) is 0 Å². The molecule has 0 heterocycles. The average Bonchev–Trinajstić information content (AvgIpc) is 2.29. The Balaban J connectivity index is 1.93. The van der Waals surface area contributed by atoms with Crippen LogP contribution < -0.4 is 5.32 Å². The molecule has 0 radical (unpaired) electrons. The van der Waals surface area contributed by atoms with Gasteiger partial charge in [0.05, 0.1) is 6.61 Å². The van der Waals surface area contributed by atoms with Crippen molar-refractivity contribution < 1.29 is 4.74 Å². The fourth-order valence-electron chi connectivity index (χ4n) is 2.82. The van der Waals surface area contributed by atoms with Crippen LogP contribution in [0.25, 0.3) is 0 Å². The predicted octanol–water partition coefficient (Wildman–Crippen LogP) is 3.61. The molecule has 0 saturated heterocycles. The Labute approximate surface area is 108 Å². The van der Waals surface area contributed by atoms with Gasteiger partial charge in [0.25, 0.3) is 0 Å². The highest BCUT2D eigenvalue weighted by Crippen LogP contribution is 2.23. The monoisotopic (exact) mass is 241 g/mol. The van der Waals surface area contributed by atoms with Crippen LogP contribution in [-0.4, -0.2) is 25.8 Å². The zero-order valence-corrected chi connectivity index (χ0v) is 12.0. The molecule has 0 aromatic rings. The van der Waals surface area contributed by atoms with Gasteiger partial charge in [-0.2, -0.15) is 0 Å². The van der Waals surface area contributed by atoms with Gasteiger partial charge in [-0.3, -0.25) is 0 Å². The van der Waals surface area contributed by atoms with Gasteiger partial charge in [0, 0.05) is 19.2 Å². The first-order valence-corrected chi connectivity index (χ1v) is 7.53. The summed E-state index contributed by atoms with van der Waals surface area (Å²) < 4.78 is 5.70. The Morgan fingerprint density at radius 3 is 2.88 bits per heavy atom. The van der Waals surface area contributed by atoms with Crippen molar-refractivity contribution in [3.63, 3.8) is 0 Å². The Morgan fingerprint density at radius 2 is 2.18 bits per heavy atom. The summed E-state index contributed by atoms with van der Waals surface area (Å²) in [4.78, 5) is 0. The van der Waals surface area contributed by atoms with Gasteiger partial charge >= 0.3 is 0 Å². The molecule has 0 aliphatic heterocycles. The molecule has 2 nitrogen and oxygen atoms in total. The zero-order chi connectivity index (χ0) is 12.5. The number of hydrogen-bond donors (Lipinski definition) is 1. The summed E-state index contributed by atoms with van der Waals surface area (Å²) in [5.74, 6) is 1.63. The van der Waals surface area contributed by atoms with Gasteiger partial charge in [0.2, 0.25) is 0 Å². The average molecular weight is 241 g/mol. The minimum Gasteiger partial charge on any atom is -0.380 e. The molecule has 0 bridgehead atoms.